The van der Waals surface area contributed by atoms with Crippen molar-refractivity contribution in [2.45, 2.75) is 4.90 Å². The quantitative estimate of drug-likeness (QED) is 0.726. The lowest BCUT2D eigenvalue weighted by atomic mass is 10.4. The summed E-state index contributed by atoms with van der Waals surface area (Å²) in [6, 6.07) is 9.59. The summed E-state index contributed by atoms with van der Waals surface area (Å²) >= 11 is 0. The highest BCUT2D eigenvalue weighted by molar-refractivity contribution is 7.85. The fourth-order valence-corrected chi connectivity index (χ4v) is 2.18. The zero-order valence-electron chi connectivity index (χ0n) is 8.06. The molecule has 0 amide bonds. The third-order valence-corrected chi connectivity index (χ3v) is 3.08. The van der Waals surface area contributed by atoms with Crippen LogP contribution in [0.3, 0.4) is 0 Å². The number of hydrogen-bond donors (Lipinski definition) is 0. The lowest BCUT2D eigenvalue weighted by Crippen LogP contribution is -2.18. The number of rotatable bonds is 4. The minimum atomic E-state index is -0.846. The van der Waals surface area contributed by atoms with E-state index < -0.39 is 10.8 Å². The van der Waals surface area contributed by atoms with E-state index in [2.05, 4.69) is 0 Å². The first-order valence-corrected chi connectivity index (χ1v) is 5.60. The molecule has 72 valence electrons. The van der Waals surface area contributed by atoms with Gasteiger partial charge in [0.05, 0.1) is 10.8 Å². The van der Waals surface area contributed by atoms with Crippen LogP contribution in [0.1, 0.15) is 0 Å². The van der Waals surface area contributed by atoms with Crippen molar-refractivity contribution in [3.8, 4) is 0 Å². The standard InChI is InChI=1S/C10H15NOS/c1-11(2)8-9-13(12)10-6-4-3-5-7-10/h3-7H,8-9H2,1-2H3/t13-/m1/s1. The summed E-state index contributed by atoms with van der Waals surface area (Å²) in [6.07, 6.45) is 0. The van der Waals surface area contributed by atoms with Crippen molar-refractivity contribution < 1.29 is 4.21 Å². The van der Waals surface area contributed by atoms with E-state index in [1.165, 1.54) is 0 Å². The predicted octanol–water partition coefficient (Wildman–Crippen LogP) is 1.36. The van der Waals surface area contributed by atoms with Crippen LogP contribution in [0.25, 0.3) is 0 Å². The van der Waals surface area contributed by atoms with Gasteiger partial charge in [-0.25, -0.2) is 0 Å². The van der Waals surface area contributed by atoms with Crippen molar-refractivity contribution in [2.75, 3.05) is 26.4 Å². The molecule has 2 nitrogen and oxygen atoms in total. The Bertz CT molecular complexity index is 272. The maximum Gasteiger partial charge on any atom is 0.0542 e. The highest BCUT2D eigenvalue weighted by Crippen LogP contribution is 2.04. The average molecular weight is 197 g/mol. The lowest BCUT2D eigenvalue weighted by Gasteiger charge is -2.08. The van der Waals surface area contributed by atoms with Crippen LogP contribution in [-0.4, -0.2) is 35.5 Å². The molecule has 1 rings (SSSR count). The first kappa shape index (κ1) is 10.4. The Hall–Kier alpha value is -0.670. The smallest absolute Gasteiger partial charge is 0.0542 e. The fourth-order valence-electron chi connectivity index (χ4n) is 0.956. The molecule has 0 unspecified atom stereocenters. The molecule has 0 saturated heterocycles. The summed E-state index contributed by atoms with van der Waals surface area (Å²) in [4.78, 5) is 2.96. The van der Waals surface area contributed by atoms with Gasteiger partial charge in [0.1, 0.15) is 0 Å². The lowest BCUT2D eigenvalue weighted by molar-refractivity contribution is 0.435. The van der Waals surface area contributed by atoms with Crippen LogP contribution in [0.2, 0.25) is 0 Å². The van der Waals surface area contributed by atoms with E-state index in [0.29, 0.717) is 5.75 Å². The first-order valence-electron chi connectivity index (χ1n) is 4.28. The van der Waals surface area contributed by atoms with E-state index >= 15 is 0 Å². The third kappa shape index (κ3) is 3.70. The zero-order chi connectivity index (χ0) is 9.68. The van der Waals surface area contributed by atoms with Crippen molar-refractivity contribution >= 4 is 10.8 Å². The van der Waals surface area contributed by atoms with Gasteiger partial charge >= 0.3 is 0 Å². The molecule has 1 aromatic carbocycles. The summed E-state index contributed by atoms with van der Waals surface area (Å²) in [6.45, 7) is 0.863. The van der Waals surface area contributed by atoms with Crippen LogP contribution >= 0.6 is 0 Å². The summed E-state index contributed by atoms with van der Waals surface area (Å²) in [5.74, 6) is 0.705. The van der Waals surface area contributed by atoms with Crippen LogP contribution < -0.4 is 0 Å². The Morgan fingerprint density at radius 2 is 1.85 bits per heavy atom. The molecule has 0 aliphatic rings. The molecule has 1 atom stereocenters. The zero-order valence-corrected chi connectivity index (χ0v) is 8.88. The minimum Gasteiger partial charge on any atom is -0.308 e. The summed E-state index contributed by atoms with van der Waals surface area (Å²) in [5, 5.41) is 0. The van der Waals surface area contributed by atoms with Crippen LogP contribution in [0.5, 0.6) is 0 Å². The Morgan fingerprint density at radius 3 is 2.38 bits per heavy atom. The molecule has 0 fully saturated rings. The monoisotopic (exact) mass is 197 g/mol. The summed E-state index contributed by atoms with van der Waals surface area (Å²) in [7, 11) is 3.13. The minimum absolute atomic E-state index is 0.705. The Kier molecular flexibility index (Phi) is 4.12. The van der Waals surface area contributed by atoms with E-state index in [1.54, 1.807) is 0 Å². The summed E-state index contributed by atoms with van der Waals surface area (Å²) < 4.78 is 11.6. The highest BCUT2D eigenvalue weighted by Gasteiger charge is 2.02. The second-order valence-electron chi connectivity index (χ2n) is 3.17. The SMILES string of the molecule is CN(C)CC[S@@](=O)c1ccccc1. The largest absolute Gasteiger partial charge is 0.308 e. The van der Waals surface area contributed by atoms with Crippen molar-refractivity contribution in [1.82, 2.24) is 4.90 Å². The van der Waals surface area contributed by atoms with E-state index in [4.69, 9.17) is 0 Å². The molecule has 0 aliphatic heterocycles. The third-order valence-electron chi connectivity index (χ3n) is 1.73. The Morgan fingerprint density at radius 1 is 1.23 bits per heavy atom. The molecule has 0 aromatic heterocycles. The topological polar surface area (TPSA) is 20.3 Å². The van der Waals surface area contributed by atoms with Crippen LogP contribution in [0, 0.1) is 0 Å². The maximum absolute atomic E-state index is 11.6. The van der Waals surface area contributed by atoms with Crippen molar-refractivity contribution in [3.05, 3.63) is 30.3 Å². The van der Waals surface area contributed by atoms with Gasteiger partial charge in [0.25, 0.3) is 0 Å². The van der Waals surface area contributed by atoms with Gasteiger partial charge < -0.3 is 4.90 Å². The second-order valence-corrected chi connectivity index (χ2v) is 4.74. The van der Waals surface area contributed by atoms with Crippen LogP contribution in [0.15, 0.2) is 35.2 Å². The molecular formula is C10H15NOS. The predicted molar refractivity (Wildman–Crippen MR) is 56.3 cm³/mol. The molecule has 0 bridgehead atoms. The number of benzene rings is 1. The van der Waals surface area contributed by atoms with Gasteiger partial charge in [-0.3, -0.25) is 4.21 Å². The van der Waals surface area contributed by atoms with Gasteiger partial charge in [-0.2, -0.15) is 0 Å². The molecule has 0 N–H and O–H groups in total. The molecule has 13 heavy (non-hydrogen) atoms. The van der Waals surface area contributed by atoms with E-state index in [9.17, 15) is 4.21 Å². The van der Waals surface area contributed by atoms with Gasteiger partial charge in [0, 0.05) is 17.2 Å². The molecule has 0 saturated carbocycles. The van der Waals surface area contributed by atoms with Crippen LogP contribution in [-0.2, 0) is 10.8 Å². The number of hydrogen-bond acceptors (Lipinski definition) is 2. The van der Waals surface area contributed by atoms with Gasteiger partial charge in [0.15, 0.2) is 0 Å². The second kappa shape index (κ2) is 5.14. The summed E-state index contributed by atoms with van der Waals surface area (Å²) in [5.41, 5.74) is 0. The molecule has 0 heterocycles. The number of nitrogens with zero attached hydrogens (tertiary/aromatic N) is 1. The van der Waals surface area contributed by atoms with E-state index in [1.807, 2.05) is 49.3 Å². The molecule has 0 radical (unpaired) electrons. The molecule has 1 aromatic rings. The van der Waals surface area contributed by atoms with Gasteiger partial charge in [-0.15, -0.1) is 0 Å². The highest BCUT2D eigenvalue weighted by atomic mass is 32.2. The average Bonchev–Trinajstić information content (AvgIpc) is 2.15. The first-order chi connectivity index (χ1) is 6.20. The van der Waals surface area contributed by atoms with E-state index in [-0.39, 0.29) is 0 Å². The van der Waals surface area contributed by atoms with Gasteiger partial charge in [-0.1, -0.05) is 18.2 Å². The molecular weight excluding hydrogens is 182 g/mol. The molecule has 3 heteroatoms. The fraction of sp³-hybridized carbons (Fsp3) is 0.400. The van der Waals surface area contributed by atoms with Crippen molar-refractivity contribution in [3.63, 3.8) is 0 Å². The maximum atomic E-state index is 11.6. The van der Waals surface area contributed by atoms with Crippen molar-refractivity contribution in [1.29, 1.82) is 0 Å². The Labute approximate surface area is 82.0 Å². The van der Waals surface area contributed by atoms with E-state index in [0.717, 1.165) is 11.4 Å². The van der Waals surface area contributed by atoms with Gasteiger partial charge in [-0.05, 0) is 26.2 Å². The van der Waals surface area contributed by atoms with Crippen LogP contribution in [0.4, 0.5) is 0 Å². The van der Waals surface area contributed by atoms with Gasteiger partial charge in [0.2, 0.25) is 0 Å². The Balaban J connectivity index is 2.50. The molecule has 0 aliphatic carbocycles. The van der Waals surface area contributed by atoms with Crippen molar-refractivity contribution in [2.24, 2.45) is 0 Å². The normalized spacial score (nSPS) is 13.2. The molecule has 0 spiro atoms.